The third-order valence-corrected chi connectivity index (χ3v) is 8.72. The average Bonchev–Trinajstić information content (AvgIpc) is 3.62. The van der Waals surface area contributed by atoms with Gasteiger partial charge in [0.2, 0.25) is 17.7 Å². The fraction of sp³-hybridized carbons (Fsp3) is 0.606. The molecule has 0 bridgehead atoms. The molecule has 13 nitrogen and oxygen atoms in total. The molecule has 3 amide bonds. The number of carbonyl (C=O) groups excluding carboxylic acids is 3. The van der Waals surface area contributed by atoms with Crippen LogP contribution in [0.4, 0.5) is 0 Å². The van der Waals surface area contributed by atoms with Crippen molar-refractivity contribution < 1.29 is 43.6 Å². The number of hydrogen-bond acceptors (Lipinski definition) is 10. The number of aryl methyl sites for hydroxylation is 1. The molecular formula is C33H48N4O9S. The van der Waals surface area contributed by atoms with Crippen LogP contribution in [0.2, 0.25) is 0 Å². The second-order valence-corrected chi connectivity index (χ2v) is 13.5. The van der Waals surface area contributed by atoms with E-state index in [0.29, 0.717) is 6.61 Å². The molecule has 4 N–H and O–H groups in total. The van der Waals surface area contributed by atoms with Crippen molar-refractivity contribution in [2.75, 3.05) is 46.2 Å². The van der Waals surface area contributed by atoms with Crippen LogP contribution in [0, 0.1) is 12.3 Å². The van der Waals surface area contributed by atoms with E-state index in [1.54, 1.807) is 11.3 Å². The summed E-state index contributed by atoms with van der Waals surface area (Å²) in [6, 6.07) is 5.75. The van der Waals surface area contributed by atoms with Crippen molar-refractivity contribution in [1.82, 2.24) is 20.5 Å². The predicted octanol–water partition coefficient (Wildman–Crippen LogP) is 2.70. The lowest BCUT2D eigenvalue weighted by Gasteiger charge is -2.35. The van der Waals surface area contributed by atoms with Crippen LogP contribution in [0.3, 0.4) is 0 Å². The summed E-state index contributed by atoms with van der Waals surface area (Å²) in [6.07, 6.45) is -0.810. The van der Waals surface area contributed by atoms with Gasteiger partial charge in [0, 0.05) is 19.4 Å². The van der Waals surface area contributed by atoms with Gasteiger partial charge in [-0.15, -0.1) is 11.3 Å². The third-order valence-electron chi connectivity index (χ3n) is 7.74. The van der Waals surface area contributed by atoms with E-state index in [1.165, 1.54) is 4.90 Å². The first-order chi connectivity index (χ1) is 22.3. The Balaban J connectivity index is 1.49. The van der Waals surface area contributed by atoms with Gasteiger partial charge in [-0.1, -0.05) is 45.0 Å². The van der Waals surface area contributed by atoms with Crippen molar-refractivity contribution >= 4 is 35.0 Å². The number of thiazole rings is 1. The first-order valence-corrected chi connectivity index (χ1v) is 16.7. The number of carbonyl (C=O) groups is 4. The molecule has 1 unspecified atom stereocenters. The molecule has 1 aliphatic heterocycles. The molecule has 1 saturated heterocycles. The molecule has 4 atom stereocenters. The SMILES string of the molecule is Cc1ncsc1-c1ccc(C(C)NC(=O)[C@@H]2C[C@@H](O)CN2C(=O)[C@@H](NC(=O)CCOCCOCCOCCC(=O)O)C(C)(C)C)cc1. The fourth-order valence-electron chi connectivity index (χ4n) is 5.11. The van der Waals surface area contributed by atoms with Crippen molar-refractivity contribution in [1.29, 1.82) is 0 Å². The van der Waals surface area contributed by atoms with E-state index < -0.39 is 35.5 Å². The number of benzene rings is 1. The number of nitrogens with one attached hydrogen (secondary N) is 2. The van der Waals surface area contributed by atoms with Crippen LogP contribution < -0.4 is 10.6 Å². The van der Waals surface area contributed by atoms with Gasteiger partial charge in [0.15, 0.2) is 0 Å². The van der Waals surface area contributed by atoms with E-state index >= 15 is 0 Å². The second-order valence-electron chi connectivity index (χ2n) is 12.6. The van der Waals surface area contributed by atoms with Crippen LogP contribution >= 0.6 is 11.3 Å². The molecule has 0 aliphatic carbocycles. The maximum atomic E-state index is 13.8. The van der Waals surface area contributed by atoms with Gasteiger partial charge in [0.05, 0.1) is 74.3 Å². The summed E-state index contributed by atoms with van der Waals surface area (Å²) in [7, 11) is 0. The number of nitrogens with zero attached hydrogens (tertiary/aromatic N) is 2. The van der Waals surface area contributed by atoms with Crippen LogP contribution in [-0.2, 0) is 33.4 Å². The molecule has 1 aromatic heterocycles. The Kier molecular flexibility index (Phi) is 14.7. The highest BCUT2D eigenvalue weighted by Gasteiger charge is 2.44. The minimum absolute atomic E-state index is 0.00956. The van der Waals surface area contributed by atoms with Gasteiger partial charge in [0.25, 0.3) is 0 Å². The van der Waals surface area contributed by atoms with Gasteiger partial charge in [-0.2, -0.15) is 0 Å². The van der Waals surface area contributed by atoms with Crippen LogP contribution in [0.25, 0.3) is 10.4 Å². The average molecular weight is 677 g/mol. The molecule has 1 fully saturated rings. The van der Waals surface area contributed by atoms with Gasteiger partial charge in [-0.25, -0.2) is 4.98 Å². The minimum Gasteiger partial charge on any atom is -0.481 e. The Labute approximate surface area is 280 Å². The standard InChI is InChI=1S/C33H48N4O9S/c1-21(23-6-8-24(9-7-23)29-22(2)34-20-47-29)35-31(42)26-18-25(38)19-37(26)32(43)30(33(3,4)5)36-27(39)10-12-44-14-16-46-17-15-45-13-11-28(40)41/h6-9,20-21,25-26,30,38H,10-19H2,1-5H3,(H,35,42)(H,36,39)(H,40,41)/t21?,25-,26+,30-/m1/s1. The van der Waals surface area contributed by atoms with Gasteiger partial charge < -0.3 is 40.0 Å². The summed E-state index contributed by atoms with van der Waals surface area (Å²) in [5.41, 5.74) is 4.05. The summed E-state index contributed by atoms with van der Waals surface area (Å²) >= 11 is 1.57. The molecule has 1 aliphatic rings. The molecule has 0 saturated carbocycles. The molecular weight excluding hydrogens is 628 g/mol. The molecule has 47 heavy (non-hydrogen) atoms. The van der Waals surface area contributed by atoms with Crippen molar-refractivity contribution in [3.8, 4) is 10.4 Å². The molecule has 2 aromatic rings. The largest absolute Gasteiger partial charge is 0.481 e. The summed E-state index contributed by atoms with van der Waals surface area (Å²) in [4.78, 5) is 57.3. The first kappa shape index (κ1) is 38.0. The highest BCUT2D eigenvalue weighted by atomic mass is 32.1. The van der Waals surface area contributed by atoms with E-state index in [-0.39, 0.29) is 76.7 Å². The quantitative estimate of drug-likeness (QED) is 0.172. The minimum atomic E-state index is -0.930. The Morgan fingerprint density at radius 1 is 0.979 bits per heavy atom. The second kappa shape index (κ2) is 18.2. The molecule has 0 spiro atoms. The number of aliphatic hydroxyl groups is 1. The van der Waals surface area contributed by atoms with Gasteiger partial charge in [-0.3, -0.25) is 19.2 Å². The van der Waals surface area contributed by atoms with Crippen molar-refractivity contribution in [2.45, 2.75) is 78.1 Å². The molecule has 14 heteroatoms. The van der Waals surface area contributed by atoms with Crippen LogP contribution in [0.5, 0.6) is 0 Å². The van der Waals surface area contributed by atoms with E-state index in [0.717, 1.165) is 21.7 Å². The zero-order valence-electron chi connectivity index (χ0n) is 27.8. The number of hydrogen-bond donors (Lipinski definition) is 4. The predicted molar refractivity (Wildman–Crippen MR) is 176 cm³/mol. The summed E-state index contributed by atoms with van der Waals surface area (Å²) < 4.78 is 16.0. The highest BCUT2D eigenvalue weighted by molar-refractivity contribution is 7.13. The number of carboxylic acids is 1. The van der Waals surface area contributed by atoms with Crippen molar-refractivity contribution in [2.24, 2.45) is 5.41 Å². The number of aliphatic hydroxyl groups excluding tert-OH is 1. The summed E-state index contributed by atoms with van der Waals surface area (Å²) in [6.45, 7) is 10.7. The summed E-state index contributed by atoms with van der Waals surface area (Å²) in [5.74, 6) is -2.10. The third kappa shape index (κ3) is 12.0. The van der Waals surface area contributed by atoms with Crippen LogP contribution in [0.1, 0.15) is 64.3 Å². The highest BCUT2D eigenvalue weighted by Crippen LogP contribution is 2.29. The number of ether oxygens (including phenoxy) is 3. The van der Waals surface area contributed by atoms with E-state index in [9.17, 15) is 24.3 Å². The van der Waals surface area contributed by atoms with Gasteiger partial charge in [-0.05, 0) is 30.4 Å². The first-order valence-electron chi connectivity index (χ1n) is 15.8. The molecule has 2 heterocycles. The maximum absolute atomic E-state index is 13.8. The number of aliphatic carboxylic acids is 1. The number of amides is 3. The summed E-state index contributed by atoms with van der Waals surface area (Å²) in [5, 5.41) is 24.9. The smallest absolute Gasteiger partial charge is 0.305 e. The van der Waals surface area contributed by atoms with Crippen molar-refractivity contribution in [3.05, 3.63) is 41.0 Å². The lowest BCUT2D eigenvalue weighted by molar-refractivity contribution is -0.144. The number of aromatic nitrogens is 1. The Morgan fingerprint density at radius 2 is 1.57 bits per heavy atom. The molecule has 3 rings (SSSR count). The molecule has 1 aromatic carbocycles. The lowest BCUT2D eigenvalue weighted by atomic mass is 9.85. The molecule has 260 valence electrons. The number of likely N-dealkylation sites (tertiary alicyclic amines) is 1. The Hall–Kier alpha value is -3.43. The Morgan fingerprint density at radius 3 is 2.13 bits per heavy atom. The van der Waals surface area contributed by atoms with Gasteiger partial charge >= 0.3 is 5.97 Å². The van der Waals surface area contributed by atoms with Crippen LogP contribution in [-0.4, -0.2) is 108 Å². The lowest BCUT2D eigenvalue weighted by Crippen LogP contribution is -2.58. The van der Waals surface area contributed by atoms with E-state index in [2.05, 4.69) is 15.6 Å². The van der Waals surface area contributed by atoms with E-state index in [4.69, 9.17) is 19.3 Å². The molecule has 0 radical (unpaired) electrons. The van der Waals surface area contributed by atoms with Gasteiger partial charge in [0.1, 0.15) is 12.1 Å². The fourth-order valence-corrected chi connectivity index (χ4v) is 5.93. The number of carboxylic acid groups (broad SMARTS) is 1. The van der Waals surface area contributed by atoms with E-state index in [1.807, 2.05) is 64.4 Å². The number of β-amino-alcohol motifs (C(OH)–C–C–N with tert-alkyl or cyclic N) is 1. The van der Waals surface area contributed by atoms with Crippen molar-refractivity contribution in [3.63, 3.8) is 0 Å². The zero-order chi connectivity index (χ0) is 34.6. The topological polar surface area (TPSA) is 177 Å². The van der Waals surface area contributed by atoms with Crippen LogP contribution in [0.15, 0.2) is 29.8 Å². The normalized spacial score (nSPS) is 17.7. The maximum Gasteiger partial charge on any atom is 0.305 e. The monoisotopic (exact) mass is 676 g/mol. The Bertz CT molecular complexity index is 1330. The number of rotatable bonds is 18. The zero-order valence-corrected chi connectivity index (χ0v) is 28.6.